The summed E-state index contributed by atoms with van der Waals surface area (Å²) in [5, 5.41) is 0.893. The fourth-order valence-corrected chi connectivity index (χ4v) is 4.38. The summed E-state index contributed by atoms with van der Waals surface area (Å²) >= 11 is 0. The molecule has 0 fully saturated rings. The lowest BCUT2D eigenvalue weighted by Crippen LogP contribution is -1.92. The van der Waals surface area contributed by atoms with Crippen LogP contribution in [0.3, 0.4) is 0 Å². The molecule has 5 aromatic rings. The molecule has 0 aliphatic heterocycles. The average Bonchev–Trinajstić information content (AvgIpc) is 3.07. The molecule has 5 rings (SSSR count). The van der Waals surface area contributed by atoms with Crippen molar-refractivity contribution >= 4 is 21.9 Å². The Kier molecular flexibility index (Phi) is 4.17. The van der Waals surface area contributed by atoms with Crippen LogP contribution in [0.4, 0.5) is 8.78 Å². The molecule has 148 valence electrons. The zero-order valence-electron chi connectivity index (χ0n) is 16.9. The molecule has 3 aromatic carbocycles. The van der Waals surface area contributed by atoms with Crippen LogP contribution in [0.25, 0.3) is 44.3 Å². The molecule has 30 heavy (non-hydrogen) atoms. The van der Waals surface area contributed by atoms with Gasteiger partial charge >= 0.3 is 0 Å². The third-order valence-electron chi connectivity index (χ3n) is 5.53. The highest BCUT2D eigenvalue weighted by molar-refractivity contribution is 6.09. The number of halogens is 2. The molecule has 2 aromatic heterocycles. The van der Waals surface area contributed by atoms with E-state index < -0.39 is 11.6 Å². The third kappa shape index (κ3) is 2.88. The molecule has 0 saturated carbocycles. The Balaban J connectivity index is 1.75. The number of rotatable bonds is 2. The van der Waals surface area contributed by atoms with E-state index in [1.165, 1.54) is 34.9 Å². The maximum Gasteiger partial charge on any atom is 0.147 e. The summed E-state index contributed by atoms with van der Waals surface area (Å²) < 4.78 is 34.2. The molecule has 2 heterocycles. The van der Waals surface area contributed by atoms with Gasteiger partial charge in [0.15, 0.2) is 0 Å². The van der Waals surface area contributed by atoms with Crippen molar-refractivity contribution in [2.45, 2.75) is 20.8 Å². The van der Waals surface area contributed by atoms with E-state index in [9.17, 15) is 8.78 Å². The third-order valence-corrected chi connectivity index (χ3v) is 5.53. The number of nitrogens with zero attached hydrogens (tertiary/aromatic N) is 1. The van der Waals surface area contributed by atoms with Gasteiger partial charge in [-0.25, -0.2) is 8.78 Å². The van der Waals surface area contributed by atoms with Crippen LogP contribution < -0.4 is 0 Å². The number of aryl methyl sites for hydroxylation is 3. The van der Waals surface area contributed by atoms with Gasteiger partial charge in [-0.15, -0.1) is 0 Å². The minimum atomic E-state index is -0.422. The smallest absolute Gasteiger partial charge is 0.147 e. The van der Waals surface area contributed by atoms with Crippen LogP contribution in [0.1, 0.15) is 16.7 Å². The molecular formula is C26H19F2NO. The lowest BCUT2D eigenvalue weighted by atomic mass is 9.93. The summed E-state index contributed by atoms with van der Waals surface area (Å²) in [6, 6.07) is 15.5. The van der Waals surface area contributed by atoms with Crippen molar-refractivity contribution in [1.82, 2.24) is 4.98 Å². The number of furan rings is 1. The van der Waals surface area contributed by atoms with Gasteiger partial charge in [-0.1, -0.05) is 17.7 Å². The van der Waals surface area contributed by atoms with Gasteiger partial charge in [0.05, 0.1) is 11.1 Å². The Morgan fingerprint density at radius 2 is 1.60 bits per heavy atom. The summed E-state index contributed by atoms with van der Waals surface area (Å²) in [6.07, 6.45) is 1.75. The summed E-state index contributed by atoms with van der Waals surface area (Å²) in [6.45, 7) is 6.28. The quantitative estimate of drug-likeness (QED) is 0.307. The van der Waals surface area contributed by atoms with Crippen molar-refractivity contribution < 1.29 is 13.2 Å². The number of hydrogen-bond acceptors (Lipinski definition) is 2. The molecule has 0 unspecified atom stereocenters. The van der Waals surface area contributed by atoms with E-state index >= 15 is 0 Å². The molecule has 0 N–H and O–H groups in total. The molecule has 0 aliphatic carbocycles. The fourth-order valence-electron chi connectivity index (χ4n) is 4.38. The van der Waals surface area contributed by atoms with E-state index in [1.54, 1.807) is 18.3 Å². The summed E-state index contributed by atoms with van der Waals surface area (Å²) in [7, 11) is 0. The Morgan fingerprint density at radius 3 is 2.37 bits per heavy atom. The number of hydrogen-bond donors (Lipinski definition) is 0. The van der Waals surface area contributed by atoms with Crippen molar-refractivity contribution in [1.29, 1.82) is 0 Å². The summed E-state index contributed by atoms with van der Waals surface area (Å²) in [4.78, 5) is 4.52. The first kappa shape index (κ1) is 18.5. The van der Waals surface area contributed by atoms with Gasteiger partial charge < -0.3 is 4.42 Å². The maximum absolute atomic E-state index is 14.7. The Bertz CT molecular complexity index is 1430. The zero-order valence-corrected chi connectivity index (χ0v) is 16.9. The summed E-state index contributed by atoms with van der Waals surface area (Å²) in [5.41, 5.74) is 7.84. The van der Waals surface area contributed by atoms with Crippen molar-refractivity contribution in [3.05, 3.63) is 89.1 Å². The fraction of sp³-hybridized carbons (Fsp3) is 0.115. The van der Waals surface area contributed by atoms with Gasteiger partial charge in [-0.2, -0.15) is 0 Å². The molecule has 0 spiro atoms. The van der Waals surface area contributed by atoms with E-state index in [0.717, 1.165) is 11.1 Å². The number of fused-ring (bicyclic) bond motifs is 3. The SMILES string of the molecule is Cc1cc(C)c(-c2ccnc(-c3ccc(F)c4c3oc3cc(F)ccc34)c2)c(C)c1. The Morgan fingerprint density at radius 1 is 0.833 bits per heavy atom. The van der Waals surface area contributed by atoms with Crippen LogP contribution in [0.2, 0.25) is 0 Å². The monoisotopic (exact) mass is 399 g/mol. The van der Waals surface area contributed by atoms with Crippen LogP contribution in [0.15, 0.2) is 65.2 Å². The molecule has 4 heteroatoms. The van der Waals surface area contributed by atoms with Crippen LogP contribution in [0, 0.1) is 32.4 Å². The van der Waals surface area contributed by atoms with E-state index in [0.29, 0.717) is 33.2 Å². The van der Waals surface area contributed by atoms with Crippen LogP contribution in [-0.2, 0) is 0 Å². The van der Waals surface area contributed by atoms with Gasteiger partial charge in [0.2, 0.25) is 0 Å². The van der Waals surface area contributed by atoms with Gasteiger partial charge in [-0.3, -0.25) is 4.98 Å². The van der Waals surface area contributed by atoms with Gasteiger partial charge in [0.1, 0.15) is 22.8 Å². The molecule has 0 bridgehead atoms. The molecule has 0 radical (unpaired) electrons. The topological polar surface area (TPSA) is 26.0 Å². The van der Waals surface area contributed by atoms with Crippen LogP contribution in [0.5, 0.6) is 0 Å². The molecule has 0 saturated heterocycles. The highest BCUT2D eigenvalue weighted by Crippen LogP contribution is 2.38. The zero-order chi connectivity index (χ0) is 21.0. The lowest BCUT2D eigenvalue weighted by molar-refractivity contribution is 0.617. The molecule has 2 nitrogen and oxygen atoms in total. The maximum atomic E-state index is 14.7. The molecule has 0 atom stereocenters. The average molecular weight is 399 g/mol. The first-order valence-corrected chi connectivity index (χ1v) is 9.77. The van der Waals surface area contributed by atoms with Gasteiger partial charge in [0, 0.05) is 23.2 Å². The predicted octanol–water partition coefficient (Wildman–Crippen LogP) is 7.52. The highest BCUT2D eigenvalue weighted by atomic mass is 19.1. The van der Waals surface area contributed by atoms with E-state index in [1.807, 2.05) is 12.1 Å². The number of aromatic nitrogens is 1. The van der Waals surface area contributed by atoms with Crippen LogP contribution in [-0.4, -0.2) is 4.98 Å². The van der Waals surface area contributed by atoms with Crippen molar-refractivity contribution in [3.8, 4) is 22.4 Å². The number of benzene rings is 3. The minimum Gasteiger partial charge on any atom is -0.455 e. The largest absolute Gasteiger partial charge is 0.455 e. The molecule has 0 amide bonds. The van der Waals surface area contributed by atoms with E-state index in [-0.39, 0.29) is 0 Å². The lowest BCUT2D eigenvalue weighted by Gasteiger charge is -2.13. The second-order valence-electron chi connectivity index (χ2n) is 7.75. The molecule has 0 aliphatic rings. The first-order chi connectivity index (χ1) is 14.4. The standard InChI is InChI=1S/C26H19F2NO/c1-14-10-15(2)24(16(3)11-14)17-8-9-29-22(12-17)19-6-7-21(28)25-20-5-4-18(27)13-23(20)30-26(19)25/h4-13H,1-3H3. The van der Waals surface area contributed by atoms with Crippen molar-refractivity contribution in [2.24, 2.45) is 0 Å². The van der Waals surface area contributed by atoms with Gasteiger partial charge in [0.25, 0.3) is 0 Å². The predicted molar refractivity (Wildman–Crippen MR) is 117 cm³/mol. The van der Waals surface area contributed by atoms with Crippen molar-refractivity contribution in [3.63, 3.8) is 0 Å². The Labute approximate surface area is 172 Å². The molecular weight excluding hydrogens is 380 g/mol. The van der Waals surface area contributed by atoms with E-state index in [4.69, 9.17) is 4.42 Å². The highest BCUT2D eigenvalue weighted by Gasteiger charge is 2.18. The second kappa shape index (κ2) is 6.77. The van der Waals surface area contributed by atoms with Gasteiger partial charge in [-0.05, 0) is 79.4 Å². The van der Waals surface area contributed by atoms with Crippen molar-refractivity contribution in [2.75, 3.05) is 0 Å². The minimum absolute atomic E-state index is 0.317. The first-order valence-electron chi connectivity index (χ1n) is 9.77. The van der Waals surface area contributed by atoms with Crippen LogP contribution >= 0.6 is 0 Å². The number of pyridine rings is 1. The second-order valence-corrected chi connectivity index (χ2v) is 7.75. The normalized spacial score (nSPS) is 11.5. The Hall–Kier alpha value is -3.53. The van der Waals surface area contributed by atoms with E-state index in [2.05, 4.69) is 37.9 Å². The summed E-state index contributed by atoms with van der Waals surface area (Å²) in [5.74, 6) is -0.825.